The van der Waals surface area contributed by atoms with Gasteiger partial charge in [0.2, 0.25) is 5.13 Å². The van der Waals surface area contributed by atoms with Crippen LogP contribution in [0.1, 0.15) is 12.5 Å². The molecular weight excluding hydrogens is 458 g/mol. The first-order chi connectivity index (χ1) is 17.1. The molecule has 35 heavy (non-hydrogen) atoms. The molecule has 0 fully saturated rings. The van der Waals surface area contributed by atoms with Crippen molar-refractivity contribution in [1.29, 1.82) is 0 Å². The van der Waals surface area contributed by atoms with Crippen LogP contribution < -0.4 is 5.01 Å². The average Bonchev–Trinajstić information content (AvgIpc) is 3.48. The fourth-order valence-corrected chi connectivity index (χ4v) is 4.15. The monoisotopic (exact) mass is 479 g/mol. The van der Waals surface area contributed by atoms with Gasteiger partial charge in [0.15, 0.2) is 6.04 Å². The maximum absolute atomic E-state index is 13.0. The summed E-state index contributed by atoms with van der Waals surface area (Å²) in [5.74, 6) is -0.274. The molecule has 0 unspecified atom stereocenters. The van der Waals surface area contributed by atoms with Crippen molar-refractivity contribution in [3.05, 3.63) is 89.8 Å². The number of rotatable bonds is 6. The summed E-state index contributed by atoms with van der Waals surface area (Å²) in [5.41, 5.74) is 5.63. The molecule has 2 heterocycles. The van der Waals surface area contributed by atoms with E-state index in [0.29, 0.717) is 22.2 Å². The molecule has 0 aliphatic carbocycles. The summed E-state index contributed by atoms with van der Waals surface area (Å²) in [6.45, 7) is 3.81. The first-order valence-corrected chi connectivity index (χ1v) is 11.8. The van der Waals surface area contributed by atoms with Crippen LogP contribution in [0.15, 0.2) is 110 Å². The molecule has 4 aromatic rings. The molecule has 3 aromatic carbocycles. The summed E-state index contributed by atoms with van der Waals surface area (Å²) in [6, 6.07) is 24.0. The Bertz CT molecular complexity index is 1420. The van der Waals surface area contributed by atoms with E-state index in [1.165, 1.54) is 21.9 Å². The second-order valence-corrected chi connectivity index (χ2v) is 8.78. The Balaban J connectivity index is 1.26. The van der Waals surface area contributed by atoms with Crippen molar-refractivity contribution in [2.24, 2.45) is 25.6 Å². The summed E-state index contributed by atoms with van der Waals surface area (Å²) < 4.78 is 0. The lowest BCUT2D eigenvalue weighted by Crippen LogP contribution is -2.29. The van der Waals surface area contributed by atoms with Gasteiger partial charge < -0.3 is 0 Å². The van der Waals surface area contributed by atoms with E-state index in [2.05, 4.69) is 30.5 Å². The number of hydrazone groups is 1. The fraction of sp³-hybridized carbons (Fsp3) is 0.115. The number of hydrogen-bond donors (Lipinski definition) is 0. The number of benzene rings is 3. The Morgan fingerprint density at radius 3 is 2.11 bits per heavy atom. The molecule has 172 valence electrons. The van der Waals surface area contributed by atoms with E-state index >= 15 is 0 Å². The van der Waals surface area contributed by atoms with Gasteiger partial charge in [-0.1, -0.05) is 48.0 Å². The van der Waals surface area contributed by atoms with Crippen molar-refractivity contribution in [1.82, 2.24) is 4.98 Å². The van der Waals surface area contributed by atoms with E-state index in [1.807, 2.05) is 66.9 Å². The highest BCUT2D eigenvalue weighted by Crippen LogP contribution is 2.31. The molecule has 0 spiro atoms. The SMILES string of the molecule is CC1=NN(c2nc(-c3ccc(C)cc3)cs2)C(=O)[C@@H]1N=Nc1ccc(N=Nc2ccccc2)cc1. The van der Waals surface area contributed by atoms with E-state index in [1.54, 1.807) is 31.2 Å². The van der Waals surface area contributed by atoms with Crippen molar-refractivity contribution >= 4 is 45.1 Å². The van der Waals surface area contributed by atoms with Gasteiger partial charge in [-0.2, -0.15) is 30.6 Å². The molecule has 0 radical (unpaired) electrons. The van der Waals surface area contributed by atoms with Crippen LogP contribution in [-0.2, 0) is 4.79 Å². The Labute approximate surface area is 206 Å². The third-order valence-electron chi connectivity index (χ3n) is 5.29. The standard InChI is InChI=1S/C26H21N7OS/c1-17-8-10-19(11-9-17)23-16-35-26(27-23)33-25(34)24(18(2)32-33)31-30-22-14-12-21(13-15-22)29-28-20-6-4-3-5-7-20/h3-16,24H,1-2H3/t24-/m1/s1. The molecule has 5 rings (SSSR count). The highest BCUT2D eigenvalue weighted by atomic mass is 32.1. The van der Waals surface area contributed by atoms with Crippen LogP contribution in [0.25, 0.3) is 11.3 Å². The Hall–Kier alpha value is -4.37. The quantitative estimate of drug-likeness (QED) is 0.269. The highest BCUT2D eigenvalue weighted by Gasteiger charge is 2.36. The van der Waals surface area contributed by atoms with Gasteiger partial charge in [-0.15, -0.1) is 11.3 Å². The number of amides is 1. The molecule has 9 heteroatoms. The molecule has 8 nitrogen and oxygen atoms in total. The largest absolute Gasteiger partial charge is 0.282 e. The Kier molecular flexibility index (Phi) is 6.32. The third kappa shape index (κ3) is 5.10. The predicted octanol–water partition coefficient (Wildman–Crippen LogP) is 7.41. The first-order valence-electron chi connectivity index (χ1n) is 11.0. The summed E-state index contributed by atoms with van der Waals surface area (Å²) >= 11 is 1.37. The van der Waals surface area contributed by atoms with Gasteiger partial charge in [-0.3, -0.25) is 4.79 Å². The minimum atomic E-state index is -0.779. The van der Waals surface area contributed by atoms with Gasteiger partial charge in [0, 0.05) is 10.9 Å². The summed E-state index contributed by atoms with van der Waals surface area (Å²) in [5, 5.41) is 25.0. The van der Waals surface area contributed by atoms with Gasteiger partial charge in [-0.05, 0) is 50.2 Å². The Morgan fingerprint density at radius 2 is 1.43 bits per heavy atom. The minimum Gasteiger partial charge on any atom is -0.269 e. The second kappa shape index (κ2) is 9.86. The maximum atomic E-state index is 13.0. The minimum absolute atomic E-state index is 0.274. The molecular formula is C26H21N7OS. The maximum Gasteiger partial charge on any atom is 0.282 e. The molecule has 0 saturated heterocycles. The highest BCUT2D eigenvalue weighted by molar-refractivity contribution is 7.14. The number of anilines is 1. The van der Waals surface area contributed by atoms with Crippen LogP contribution in [0, 0.1) is 6.92 Å². The molecule has 1 aromatic heterocycles. The lowest BCUT2D eigenvalue weighted by atomic mass is 10.1. The Morgan fingerprint density at radius 1 is 0.800 bits per heavy atom. The summed E-state index contributed by atoms with van der Waals surface area (Å²) in [6.07, 6.45) is 0. The van der Waals surface area contributed by atoms with Crippen LogP contribution >= 0.6 is 11.3 Å². The third-order valence-corrected chi connectivity index (χ3v) is 6.11. The number of aromatic nitrogens is 1. The molecule has 1 amide bonds. The number of azo groups is 2. The number of nitrogens with zero attached hydrogens (tertiary/aromatic N) is 7. The number of thiazole rings is 1. The average molecular weight is 480 g/mol. The van der Waals surface area contributed by atoms with E-state index in [4.69, 9.17) is 0 Å². The van der Waals surface area contributed by atoms with Crippen molar-refractivity contribution < 1.29 is 4.79 Å². The summed E-state index contributed by atoms with van der Waals surface area (Å²) in [4.78, 5) is 17.6. The van der Waals surface area contributed by atoms with E-state index < -0.39 is 6.04 Å². The smallest absolute Gasteiger partial charge is 0.269 e. The zero-order valence-corrected chi connectivity index (χ0v) is 19.9. The molecule has 0 bridgehead atoms. The molecule has 0 N–H and O–H groups in total. The van der Waals surface area contributed by atoms with E-state index in [0.717, 1.165) is 16.9 Å². The molecule has 1 aliphatic rings. The number of aryl methyl sites for hydroxylation is 1. The van der Waals surface area contributed by atoms with Crippen LogP contribution in [0.4, 0.5) is 22.2 Å². The molecule has 0 saturated carbocycles. The molecule has 1 aliphatic heterocycles. The van der Waals surface area contributed by atoms with Crippen molar-refractivity contribution in [3.8, 4) is 11.3 Å². The molecule has 1 atom stereocenters. The summed E-state index contributed by atoms with van der Waals surface area (Å²) in [7, 11) is 0. The van der Waals surface area contributed by atoms with E-state index in [9.17, 15) is 4.79 Å². The van der Waals surface area contributed by atoms with Gasteiger partial charge >= 0.3 is 0 Å². The van der Waals surface area contributed by atoms with E-state index in [-0.39, 0.29) is 5.91 Å². The van der Waals surface area contributed by atoms with Crippen LogP contribution in [-0.4, -0.2) is 22.6 Å². The van der Waals surface area contributed by atoms with Gasteiger partial charge in [-0.25, -0.2) is 4.98 Å². The predicted molar refractivity (Wildman–Crippen MR) is 138 cm³/mol. The zero-order chi connectivity index (χ0) is 24.2. The van der Waals surface area contributed by atoms with Crippen molar-refractivity contribution in [2.45, 2.75) is 19.9 Å². The number of hydrogen-bond acceptors (Lipinski definition) is 8. The van der Waals surface area contributed by atoms with Crippen molar-refractivity contribution in [2.75, 3.05) is 5.01 Å². The fourth-order valence-electron chi connectivity index (χ4n) is 3.37. The zero-order valence-electron chi connectivity index (χ0n) is 19.1. The van der Waals surface area contributed by atoms with Crippen LogP contribution in [0.5, 0.6) is 0 Å². The van der Waals surface area contributed by atoms with Crippen LogP contribution in [0.3, 0.4) is 0 Å². The van der Waals surface area contributed by atoms with Crippen molar-refractivity contribution in [3.63, 3.8) is 0 Å². The lowest BCUT2D eigenvalue weighted by Gasteiger charge is -2.08. The number of carbonyl (C=O) groups is 1. The van der Waals surface area contributed by atoms with Crippen LogP contribution in [0.2, 0.25) is 0 Å². The van der Waals surface area contributed by atoms with Gasteiger partial charge in [0.1, 0.15) is 0 Å². The first kappa shape index (κ1) is 22.4. The van der Waals surface area contributed by atoms with Gasteiger partial charge in [0.05, 0.1) is 28.5 Å². The normalized spacial score (nSPS) is 15.9. The van der Waals surface area contributed by atoms with Gasteiger partial charge in [0.25, 0.3) is 5.91 Å². The second-order valence-electron chi connectivity index (χ2n) is 7.94. The lowest BCUT2D eigenvalue weighted by molar-refractivity contribution is -0.117. The topological polar surface area (TPSA) is 95.0 Å². The number of carbonyl (C=O) groups excluding carboxylic acids is 1.